The van der Waals surface area contributed by atoms with Crippen LogP contribution in [0.25, 0.3) is 0 Å². The number of halogens is 3. The Hall–Kier alpha value is -1.45. The molecule has 1 saturated carbocycles. The van der Waals surface area contributed by atoms with Gasteiger partial charge in [-0.1, -0.05) is 12.8 Å². The van der Waals surface area contributed by atoms with Crippen LogP contribution in [0.4, 0.5) is 8.78 Å². The second-order valence-electron chi connectivity index (χ2n) is 6.29. The first-order valence-electron chi connectivity index (χ1n) is 8.73. The van der Waals surface area contributed by atoms with E-state index in [4.69, 9.17) is 0 Å². The molecule has 0 heterocycles. The number of hydrogen-bond acceptors (Lipinski definition) is 2. The Kier molecular flexibility index (Phi) is 10.5. The van der Waals surface area contributed by atoms with Gasteiger partial charge in [0.2, 0.25) is 5.91 Å². The van der Waals surface area contributed by atoms with Gasteiger partial charge in [-0.25, -0.2) is 8.78 Å². The molecule has 1 aliphatic rings. The van der Waals surface area contributed by atoms with Crippen molar-refractivity contribution in [1.29, 1.82) is 0 Å². The topological polar surface area (TPSA) is 65.5 Å². The Labute approximate surface area is 170 Å². The molecule has 8 heteroatoms. The van der Waals surface area contributed by atoms with Crippen LogP contribution in [-0.2, 0) is 11.3 Å². The Balaban J connectivity index is 0.00000338. The summed E-state index contributed by atoms with van der Waals surface area (Å²) in [6, 6.07) is 3.33. The van der Waals surface area contributed by atoms with Gasteiger partial charge in [0, 0.05) is 38.7 Å². The number of amides is 1. The molecule has 1 aliphatic carbocycles. The molecule has 0 aromatic heterocycles. The molecule has 3 N–H and O–H groups in total. The summed E-state index contributed by atoms with van der Waals surface area (Å²) in [4.78, 5) is 15.9. The molecule has 0 unspecified atom stereocenters. The molecule has 2 rings (SSSR count). The van der Waals surface area contributed by atoms with Gasteiger partial charge in [0.15, 0.2) is 5.96 Å². The zero-order valence-corrected chi connectivity index (χ0v) is 17.3. The van der Waals surface area contributed by atoms with E-state index in [1.54, 1.807) is 7.05 Å². The molecule has 5 nitrogen and oxygen atoms in total. The minimum atomic E-state index is -0.480. The Morgan fingerprint density at radius 3 is 2.54 bits per heavy atom. The minimum absolute atomic E-state index is 0. The minimum Gasteiger partial charge on any atom is -0.355 e. The lowest BCUT2D eigenvalue weighted by molar-refractivity contribution is -0.121. The number of hydrogen-bond donors (Lipinski definition) is 3. The summed E-state index contributed by atoms with van der Waals surface area (Å²) in [7, 11) is 1.59. The van der Waals surface area contributed by atoms with Crippen LogP contribution in [-0.4, -0.2) is 32.0 Å². The van der Waals surface area contributed by atoms with E-state index in [9.17, 15) is 13.6 Å². The lowest BCUT2D eigenvalue weighted by atomic mass is 10.0. The van der Waals surface area contributed by atoms with Gasteiger partial charge in [0.25, 0.3) is 0 Å². The molecule has 1 fully saturated rings. The molecule has 0 aliphatic heterocycles. The second-order valence-corrected chi connectivity index (χ2v) is 6.29. The van der Waals surface area contributed by atoms with E-state index < -0.39 is 11.6 Å². The molecular formula is C18H27F2IN4O. The lowest BCUT2D eigenvalue weighted by Crippen LogP contribution is -2.41. The van der Waals surface area contributed by atoms with E-state index in [1.807, 2.05) is 0 Å². The Morgan fingerprint density at radius 1 is 1.15 bits per heavy atom. The molecule has 1 amide bonds. The maximum Gasteiger partial charge on any atom is 0.220 e. The molecule has 0 bridgehead atoms. The monoisotopic (exact) mass is 480 g/mol. The number of carbonyl (C=O) groups excluding carboxylic acids is 1. The molecule has 0 radical (unpaired) electrons. The average Bonchev–Trinajstić information content (AvgIpc) is 3.10. The van der Waals surface area contributed by atoms with Crippen LogP contribution >= 0.6 is 24.0 Å². The van der Waals surface area contributed by atoms with E-state index in [-0.39, 0.29) is 42.0 Å². The van der Waals surface area contributed by atoms with Crippen LogP contribution in [0.3, 0.4) is 0 Å². The fourth-order valence-electron chi connectivity index (χ4n) is 3.01. The van der Waals surface area contributed by atoms with E-state index in [2.05, 4.69) is 20.9 Å². The van der Waals surface area contributed by atoms with Gasteiger partial charge < -0.3 is 16.0 Å². The SMILES string of the molecule is CN=C(NCCNC(=O)CC1CCCC1)NCc1cc(F)ccc1F.I. The largest absolute Gasteiger partial charge is 0.355 e. The van der Waals surface area contributed by atoms with Crippen molar-refractivity contribution in [3.63, 3.8) is 0 Å². The Bertz CT molecular complexity index is 607. The van der Waals surface area contributed by atoms with E-state index in [0.29, 0.717) is 31.4 Å². The van der Waals surface area contributed by atoms with Gasteiger partial charge in [-0.15, -0.1) is 24.0 Å². The van der Waals surface area contributed by atoms with Crippen molar-refractivity contribution in [3.05, 3.63) is 35.4 Å². The fourth-order valence-corrected chi connectivity index (χ4v) is 3.01. The zero-order chi connectivity index (χ0) is 18.1. The number of nitrogens with zero attached hydrogens (tertiary/aromatic N) is 1. The van der Waals surface area contributed by atoms with Crippen molar-refractivity contribution in [3.8, 4) is 0 Å². The van der Waals surface area contributed by atoms with Gasteiger partial charge in [-0.3, -0.25) is 9.79 Å². The molecule has 1 aromatic rings. The quantitative estimate of drug-likeness (QED) is 0.244. The van der Waals surface area contributed by atoms with E-state index in [1.165, 1.54) is 12.8 Å². The van der Waals surface area contributed by atoms with Crippen LogP contribution in [0.1, 0.15) is 37.7 Å². The molecule has 1 aromatic carbocycles. The molecule has 146 valence electrons. The summed E-state index contributed by atoms with van der Waals surface area (Å²) in [5.41, 5.74) is 0.229. The summed E-state index contributed by atoms with van der Waals surface area (Å²) >= 11 is 0. The van der Waals surface area contributed by atoms with Crippen molar-refractivity contribution < 1.29 is 13.6 Å². The van der Waals surface area contributed by atoms with Gasteiger partial charge in [0.05, 0.1) is 0 Å². The van der Waals surface area contributed by atoms with Crippen molar-refractivity contribution in [2.75, 3.05) is 20.1 Å². The fraction of sp³-hybridized carbons (Fsp3) is 0.556. The molecule has 0 atom stereocenters. The number of aliphatic imine (C=N–C) groups is 1. The van der Waals surface area contributed by atoms with Crippen molar-refractivity contribution in [1.82, 2.24) is 16.0 Å². The van der Waals surface area contributed by atoms with Crippen LogP contribution < -0.4 is 16.0 Å². The second kappa shape index (κ2) is 12.0. The van der Waals surface area contributed by atoms with Crippen molar-refractivity contribution >= 4 is 35.8 Å². The smallest absolute Gasteiger partial charge is 0.220 e. The summed E-state index contributed by atoms with van der Waals surface area (Å²) in [5, 5.41) is 8.84. The number of guanidine groups is 1. The normalized spacial score (nSPS) is 14.7. The van der Waals surface area contributed by atoms with Crippen molar-refractivity contribution in [2.24, 2.45) is 10.9 Å². The number of nitrogens with one attached hydrogen (secondary N) is 3. The molecule has 0 spiro atoms. The number of rotatable bonds is 7. The summed E-state index contributed by atoms with van der Waals surface area (Å²) in [6.07, 6.45) is 5.37. The lowest BCUT2D eigenvalue weighted by Gasteiger charge is -2.13. The first kappa shape index (κ1) is 22.6. The van der Waals surface area contributed by atoms with Gasteiger partial charge in [-0.2, -0.15) is 0 Å². The third-order valence-electron chi connectivity index (χ3n) is 4.37. The first-order valence-corrected chi connectivity index (χ1v) is 8.73. The predicted octanol–water partition coefficient (Wildman–Crippen LogP) is 2.94. The highest BCUT2D eigenvalue weighted by molar-refractivity contribution is 14.0. The molecule has 26 heavy (non-hydrogen) atoms. The summed E-state index contributed by atoms with van der Waals surface area (Å²) < 4.78 is 26.7. The molecule has 0 saturated heterocycles. The maximum atomic E-state index is 13.6. The number of benzene rings is 1. The standard InChI is InChI=1S/C18H26F2N4O.HI/c1-21-18(24-12-14-11-15(19)6-7-16(14)20)23-9-8-22-17(25)10-13-4-2-3-5-13;/h6-7,11,13H,2-5,8-10,12H2,1H3,(H,22,25)(H2,21,23,24);1H. The van der Waals surface area contributed by atoms with E-state index in [0.717, 1.165) is 31.0 Å². The van der Waals surface area contributed by atoms with Crippen LogP contribution in [0, 0.1) is 17.6 Å². The zero-order valence-electron chi connectivity index (χ0n) is 15.0. The van der Waals surface area contributed by atoms with Crippen LogP contribution in [0.5, 0.6) is 0 Å². The van der Waals surface area contributed by atoms with Crippen LogP contribution in [0.2, 0.25) is 0 Å². The third kappa shape index (κ3) is 7.84. The third-order valence-corrected chi connectivity index (χ3v) is 4.37. The highest BCUT2D eigenvalue weighted by Crippen LogP contribution is 2.27. The van der Waals surface area contributed by atoms with Crippen molar-refractivity contribution in [2.45, 2.75) is 38.6 Å². The summed E-state index contributed by atoms with van der Waals surface area (Å²) in [6.45, 7) is 1.11. The highest BCUT2D eigenvalue weighted by atomic mass is 127. The molecular weight excluding hydrogens is 453 g/mol. The average molecular weight is 480 g/mol. The van der Waals surface area contributed by atoms with Gasteiger partial charge >= 0.3 is 0 Å². The highest BCUT2D eigenvalue weighted by Gasteiger charge is 2.17. The van der Waals surface area contributed by atoms with Gasteiger partial charge in [-0.05, 0) is 37.0 Å². The van der Waals surface area contributed by atoms with Gasteiger partial charge in [0.1, 0.15) is 11.6 Å². The van der Waals surface area contributed by atoms with E-state index >= 15 is 0 Å². The maximum absolute atomic E-state index is 13.6. The first-order chi connectivity index (χ1) is 12.1. The number of carbonyl (C=O) groups is 1. The van der Waals surface area contributed by atoms with Crippen LogP contribution in [0.15, 0.2) is 23.2 Å². The Morgan fingerprint density at radius 2 is 1.85 bits per heavy atom. The predicted molar refractivity (Wildman–Crippen MR) is 110 cm³/mol. The summed E-state index contributed by atoms with van der Waals surface area (Å²) in [5.74, 6) is 0.130.